The Morgan fingerprint density at radius 3 is 2.47 bits per heavy atom. The van der Waals surface area contributed by atoms with Crippen LogP contribution in [0.4, 0.5) is 0 Å². The number of rotatable bonds is 8. The maximum absolute atomic E-state index is 11.8. The molecule has 0 bridgehead atoms. The first-order valence-electron chi connectivity index (χ1n) is 6.29. The number of nitrogens with zero attached hydrogens (tertiary/aromatic N) is 1. The number of nitrogens with one attached hydrogen (secondary N) is 1. The minimum absolute atomic E-state index is 0.0269. The van der Waals surface area contributed by atoms with Gasteiger partial charge in [-0.25, -0.2) is 0 Å². The van der Waals surface area contributed by atoms with Gasteiger partial charge in [0.25, 0.3) is 0 Å². The average molecular weight is 243 g/mol. The third kappa shape index (κ3) is 6.94. The highest BCUT2D eigenvalue weighted by molar-refractivity contribution is 5.84. The van der Waals surface area contributed by atoms with E-state index in [1.165, 1.54) is 0 Å². The van der Waals surface area contributed by atoms with Crippen molar-refractivity contribution in [3.63, 3.8) is 0 Å². The summed E-state index contributed by atoms with van der Waals surface area (Å²) in [6.45, 7) is 7.66. The van der Waals surface area contributed by atoms with Crippen molar-refractivity contribution in [1.29, 1.82) is 0 Å². The van der Waals surface area contributed by atoms with Crippen LogP contribution in [0.15, 0.2) is 0 Å². The van der Waals surface area contributed by atoms with E-state index in [2.05, 4.69) is 5.32 Å². The molecule has 0 fully saturated rings. The zero-order chi connectivity index (χ0) is 13.3. The van der Waals surface area contributed by atoms with Crippen molar-refractivity contribution in [3.05, 3.63) is 0 Å². The Kier molecular flexibility index (Phi) is 8.40. The Bertz CT molecular complexity index is 244. The van der Waals surface area contributed by atoms with Crippen molar-refractivity contribution < 1.29 is 9.59 Å². The van der Waals surface area contributed by atoms with E-state index in [1.807, 2.05) is 20.8 Å². The summed E-state index contributed by atoms with van der Waals surface area (Å²) < 4.78 is 0. The van der Waals surface area contributed by atoms with E-state index in [4.69, 9.17) is 5.73 Å². The van der Waals surface area contributed by atoms with Gasteiger partial charge in [0.2, 0.25) is 11.8 Å². The third-order valence-electron chi connectivity index (χ3n) is 2.70. The second-order valence-electron chi connectivity index (χ2n) is 4.24. The second kappa shape index (κ2) is 8.98. The van der Waals surface area contributed by atoms with E-state index >= 15 is 0 Å². The summed E-state index contributed by atoms with van der Waals surface area (Å²) >= 11 is 0. The third-order valence-corrected chi connectivity index (χ3v) is 2.70. The Labute approximate surface area is 104 Å². The van der Waals surface area contributed by atoms with E-state index in [0.29, 0.717) is 32.0 Å². The molecule has 0 aromatic heterocycles. The van der Waals surface area contributed by atoms with E-state index in [-0.39, 0.29) is 18.4 Å². The number of likely N-dealkylation sites (N-methyl/N-ethyl adjacent to an activating group) is 2. The van der Waals surface area contributed by atoms with Gasteiger partial charge in [-0.05, 0) is 32.7 Å². The maximum atomic E-state index is 11.8. The molecule has 0 spiro atoms. The molecule has 0 rings (SSSR count). The summed E-state index contributed by atoms with van der Waals surface area (Å²) in [6, 6.07) is 0. The normalized spacial score (nSPS) is 12.0. The highest BCUT2D eigenvalue weighted by atomic mass is 16.2. The molecule has 2 amide bonds. The minimum atomic E-state index is -0.102. The van der Waals surface area contributed by atoms with Crippen LogP contribution in [0.1, 0.15) is 33.6 Å². The van der Waals surface area contributed by atoms with Gasteiger partial charge in [0, 0.05) is 19.5 Å². The molecule has 0 aliphatic carbocycles. The fourth-order valence-electron chi connectivity index (χ4n) is 1.45. The Hall–Kier alpha value is -1.10. The Balaban J connectivity index is 4.07. The number of hydrogen-bond acceptors (Lipinski definition) is 3. The molecule has 0 aromatic carbocycles. The van der Waals surface area contributed by atoms with Gasteiger partial charge in [-0.3, -0.25) is 9.59 Å². The minimum Gasteiger partial charge on any atom is -0.355 e. The molecule has 5 heteroatoms. The molecule has 0 saturated carbocycles. The monoisotopic (exact) mass is 243 g/mol. The lowest BCUT2D eigenvalue weighted by Crippen LogP contribution is -2.40. The smallest absolute Gasteiger partial charge is 0.239 e. The standard InChI is InChI=1S/C12H25N3O2/c1-4-14-11(16)9-15(5-2)12(17)7-6-10(3)8-13/h10H,4-9,13H2,1-3H3,(H,14,16). The van der Waals surface area contributed by atoms with Gasteiger partial charge in [0.05, 0.1) is 6.54 Å². The summed E-state index contributed by atoms with van der Waals surface area (Å²) in [7, 11) is 0. The predicted molar refractivity (Wildman–Crippen MR) is 68.4 cm³/mol. The molecule has 5 nitrogen and oxygen atoms in total. The lowest BCUT2D eigenvalue weighted by molar-refractivity contribution is -0.136. The predicted octanol–water partition coefficient (Wildman–Crippen LogP) is 0.346. The van der Waals surface area contributed by atoms with Gasteiger partial charge in [0.1, 0.15) is 0 Å². The summed E-state index contributed by atoms with van der Waals surface area (Å²) in [5.41, 5.74) is 5.50. The van der Waals surface area contributed by atoms with Crippen LogP contribution in [0.3, 0.4) is 0 Å². The fourth-order valence-corrected chi connectivity index (χ4v) is 1.45. The largest absolute Gasteiger partial charge is 0.355 e. The fraction of sp³-hybridized carbons (Fsp3) is 0.833. The molecular weight excluding hydrogens is 218 g/mol. The van der Waals surface area contributed by atoms with Crippen LogP contribution in [-0.4, -0.2) is 42.9 Å². The van der Waals surface area contributed by atoms with Crippen molar-refractivity contribution in [3.8, 4) is 0 Å². The molecule has 0 aromatic rings. The van der Waals surface area contributed by atoms with Crippen LogP contribution in [0.5, 0.6) is 0 Å². The van der Waals surface area contributed by atoms with E-state index in [1.54, 1.807) is 4.90 Å². The molecule has 1 unspecified atom stereocenters. The zero-order valence-corrected chi connectivity index (χ0v) is 11.2. The van der Waals surface area contributed by atoms with E-state index in [0.717, 1.165) is 6.42 Å². The average Bonchev–Trinajstić information content (AvgIpc) is 2.32. The number of carbonyl (C=O) groups is 2. The van der Waals surface area contributed by atoms with E-state index in [9.17, 15) is 9.59 Å². The van der Waals surface area contributed by atoms with Crippen molar-refractivity contribution in [2.24, 2.45) is 11.7 Å². The lowest BCUT2D eigenvalue weighted by Gasteiger charge is -2.20. The molecule has 0 aliphatic heterocycles. The Morgan fingerprint density at radius 1 is 1.35 bits per heavy atom. The zero-order valence-electron chi connectivity index (χ0n) is 11.2. The maximum Gasteiger partial charge on any atom is 0.239 e. The van der Waals surface area contributed by atoms with Crippen LogP contribution in [-0.2, 0) is 9.59 Å². The molecular formula is C12H25N3O2. The first-order valence-corrected chi connectivity index (χ1v) is 6.29. The number of hydrogen-bond donors (Lipinski definition) is 2. The van der Waals surface area contributed by atoms with Crippen molar-refractivity contribution in [2.45, 2.75) is 33.6 Å². The van der Waals surface area contributed by atoms with Crippen LogP contribution < -0.4 is 11.1 Å². The second-order valence-corrected chi connectivity index (χ2v) is 4.24. The molecule has 0 aliphatic rings. The Morgan fingerprint density at radius 2 is 2.00 bits per heavy atom. The quantitative estimate of drug-likeness (QED) is 0.646. The van der Waals surface area contributed by atoms with Gasteiger partial charge in [-0.15, -0.1) is 0 Å². The highest BCUT2D eigenvalue weighted by Crippen LogP contribution is 2.06. The van der Waals surface area contributed by atoms with Crippen LogP contribution >= 0.6 is 0 Å². The molecule has 3 N–H and O–H groups in total. The number of nitrogens with two attached hydrogens (primary N) is 1. The van der Waals surface area contributed by atoms with Gasteiger partial charge < -0.3 is 16.0 Å². The molecule has 0 saturated heterocycles. The highest BCUT2D eigenvalue weighted by Gasteiger charge is 2.15. The van der Waals surface area contributed by atoms with Crippen LogP contribution in [0.25, 0.3) is 0 Å². The summed E-state index contributed by atoms with van der Waals surface area (Å²) in [5.74, 6) is 0.274. The summed E-state index contributed by atoms with van der Waals surface area (Å²) in [6.07, 6.45) is 1.24. The van der Waals surface area contributed by atoms with Gasteiger partial charge in [-0.1, -0.05) is 6.92 Å². The van der Waals surface area contributed by atoms with Gasteiger partial charge >= 0.3 is 0 Å². The summed E-state index contributed by atoms with van der Waals surface area (Å²) in [5, 5.41) is 2.69. The first kappa shape index (κ1) is 15.9. The van der Waals surface area contributed by atoms with Crippen molar-refractivity contribution in [2.75, 3.05) is 26.2 Å². The molecule has 17 heavy (non-hydrogen) atoms. The number of carbonyl (C=O) groups excluding carboxylic acids is 2. The SMILES string of the molecule is CCNC(=O)CN(CC)C(=O)CCC(C)CN. The van der Waals surface area contributed by atoms with Crippen molar-refractivity contribution in [1.82, 2.24) is 10.2 Å². The van der Waals surface area contributed by atoms with Crippen LogP contribution in [0, 0.1) is 5.92 Å². The van der Waals surface area contributed by atoms with Crippen molar-refractivity contribution >= 4 is 11.8 Å². The first-order chi connectivity index (χ1) is 8.04. The summed E-state index contributed by atoms with van der Waals surface area (Å²) in [4.78, 5) is 24.8. The number of amides is 2. The molecule has 1 atom stereocenters. The van der Waals surface area contributed by atoms with E-state index < -0.39 is 0 Å². The van der Waals surface area contributed by atoms with Gasteiger partial charge in [0.15, 0.2) is 0 Å². The van der Waals surface area contributed by atoms with Crippen LogP contribution in [0.2, 0.25) is 0 Å². The topological polar surface area (TPSA) is 75.4 Å². The molecule has 100 valence electrons. The lowest BCUT2D eigenvalue weighted by atomic mass is 10.1. The molecule has 0 heterocycles. The van der Waals surface area contributed by atoms with Gasteiger partial charge in [-0.2, -0.15) is 0 Å². The molecule has 0 radical (unpaired) electrons.